The molecule has 2 aromatic rings. The van der Waals surface area contributed by atoms with Gasteiger partial charge in [-0.3, -0.25) is 19.7 Å². The summed E-state index contributed by atoms with van der Waals surface area (Å²) < 4.78 is 4.84. The summed E-state index contributed by atoms with van der Waals surface area (Å²) in [5, 5.41) is 15.9. The van der Waals surface area contributed by atoms with Crippen LogP contribution in [0, 0.1) is 10.1 Å². The van der Waals surface area contributed by atoms with Gasteiger partial charge in [0.25, 0.3) is 17.5 Å². The standard InChI is InChI=1S/C18H16ClN3O6/c1-11(20-17(24)12-5-3-2-4-6-12)18(25)28-10-16(23)21-14-9-13(19)7-8-15(14)22(26)27/h2-9,11H,10H2,1H3,(H,20,24)(H,21,23)/t11-/m1/s1. The smallest absolute Gasteiger partial charge is 0.328 e. The molecule has 2 aromatic carbocycles. The highest BCUT2D eigenvalue weighted by Crippen LogP contribution is 2.27. The molecule has 2 rings (SSSR count). The number of halogens is 1. The Bertz CT molecular complexity index is 903. The van der Waals surface area contributed by atoms with E-state index >= 15 is 0 Å². The number of hydrogen-bond donors (Lipinski definition) is 2. The number of benzene rings is 2. The zero-order valence-electron chi connectivity index (χ0n) is 14.7. The van der Waals surface area contributed by atoms with E-state index in [0.29, 0.717) is 5.56 Å². The summed E-state index contributed by atoms with van der Waals surface area (Å²) in [6.45, 7) is 0.719. The maximum absolute atomic E-state index is 12.0. The highest BCUT2D eigenvalue weighted by atomic mass is 35.5. The number of carbonyl (C=O) groups is 3. The molecule has 0 aromatic heterocycles. The van der Waals surface area contributed by atoms with Gasteiger partial charge in [-0.25, -0.2) is 4.79 Å². The topological polar surface area (TPSA) is 128 Å². The van der Waals surface area contributed by atoms with E-state index in [1.807, 2.05) is 0 Å². The minimum absolute atomic E-state index is 0.121. The fourth-order valence-electron chi connectivity index (χ4n) is 2.14. The molecule has 0 aliphatic heterocycles. The minimum atomic E-state index is -0.999. The van der Waals surface area contributed by atoms with Crippen LogP contribution in [0.5, 0.6) is 0 Å². The molecule has 1 atom stereocenters. The third-order valence-corrected chi connectivity index (χ3v) is 3.75. The summed E-state index contributed by atoms with van der Waals surface area (Å²) in [4.78, 5) is 46.2. The highest BCUT2D eigenvalue weighted by Gasteiger charge is 2.20. The van der Waals surface area contributed by atoms with Crippen molar-refractivity contribution in [2.45, 2.75) is 13.0 Å². The number of amides is 2. The van der Waals surface area contributed by atoms with Gasteiger partial charge >= 0.3 is 5.97 Å². The number of rotatable bonds is 7. The molecule has 2 amide bonds. The Kier molecular flexibility index (Phi) is 7.05. The van der Waals surface area contributed by atoms with Crippen LogP contribution in [-0.2, 0) is 14.3 Å². The molecule has 0 saturated carbocycles. The number of anilines is 1. The van der Waals surface area contributed by atoms with E-state index in [9.17, 15) is 24.5 Å². The molecule has 0 saturated heterocycles. The summed E-state index contributed by atoms with van der Waals surface area (Å²) in [5.41, 5.74) is -0.107. The first-order chi connectivity index (χ1) is 13.3. The van der Waals surface area contributed by atoms with Gasteiger partial charge in [-0.15, -0.1) is 0 Å². The summed E-state index contributed by atoms with van der Waals surface area (Å²) in [6, 6.07) is 10.9. The van der Waals surface area contributed by atoms with Gasteiger partial charge in [0.1, 0.15) is 11.7 Å². The van der Waals surface area contributed by atoms with E-state index < -0.39 is 35.4 Å². The highest BCUT2D eigenvalue weighted by molar-refractivity contribution is 6.31. The van der Waals surface area contributed by atoms with Crippen LogP contribution in [0.25, 0.3) is 0 Å². The van der Waals surface area contributed by atoms with Crippen LogP contribution in [0.1, 0.15) is 17.3 Å². The lowest BCUT2D eigenvalue weighted by molar-refractivity contribution is -0.383. The molecule has 146 valence electrons. The van der Waals surface area contributed by atoms with Crippen LogP contribution in [0.15, 0.2) is 48.5 Å². The largest absolute Gasteiger partial charge is 0.454 e. The molecule has 0 radical (unpaired) electrons. The maximum atomic E-state index is 12.0. The van der Waals surface area contributed by atoms with Crippen molar-refractivity contribution >= 4 is 40.8 Å². The predicted octanol–water partition coefficient (Wildman–Crippen LogP) is 2.55. The normalized spacial score (nSPS) is 11.2. The molecule has 2 N–H and O–H groups in total. The number of ether oxygens (including phenoxy) is 1. The van der Waals surface area contributed by atoms with E-state index in [1.54, 1.807) is 30.3 Å². The minimum Gasteiger partial charge on any atom is -0.454 e. The molecule has 10 heteroatoms. The Balaban J connectivity index is 1.88. The van der Waals surface area contributed by atoms with Crippen molar-refractivity contribution in [3.05, 3.63) is 69.2 Å². The first kappa shape index (κ1) is 20.8. The van der Waals surface area contributed by atoms with E-state index in [-0.39, 0.29) is 16.4 Å². The summed E-state index contributed by atoms with van der Waals surface area (Å²) in [6.07, 6.45) is 0. The van der Waals surface area contributed by atoms with Crippen molar-refractivity contribution in [1.82, 2.24) is 5.32 Å². The quantitative estimate of drug-likeness (QED) is 0.414. The number of nitro groups is 1. The molecule has 0 bridgehead atoms. The average Bonchev–Trinajstić information content (AvgIpc) is 2.66. The Labute approximate surface area is 164 Å². The summed E-state index contributed by atoms with van der Waals surface area (Å²) in [5.74, 6) is -2.09. The summed E-state index contributed by atoms with van der Waals surface area (Å²) in [7, 11) is 0. The average molecular weight is 406 g/mol. The Hall–Kier alpha value is -3.46. The first-order valence-electron chi connectivity index (χ1n) is 8.04. The van der Waals surface area contributed by atoms with E-state index in [0.717, 1.165) is 6.07 Å². The fourth-order valence-corrected chi connectivity index (χ4v) is 2.32. The van der Waals surface area contributed by atoms with Gasteiger partial charge in [-0.2, -0.15) is 0 Å². The van der Waals surface area contributed by atoms with Crippen LogP contribution in [0.2, 0.25) is 5.02 Å². The van der Waals surface area contributed by atoms with Crippen LogP contribution in [-0.4, -0.2) is 35.4 Å². The van der Waals surface area contributed by atoms with Gasteiger partial charge in [-0.05, 0) is 31.2 Å². The second-order valence-electron chi connectivity index (χ2n) is 5.64. The molecular formula is C18H16ClN3O6. The van der Waals surface area contributed by atoms with Crippen LogP contribution in [0.3, 0.4) is 0 Å². The molecule has 0 aliphatic carbocycles. The van der Waals surface area contributed by atoms with Gasteiger partial charge < -0.3 is 15.4 Å². The molecule has 0 unspecified atom stereocenters. The molecule has 0 aliphatic rings. The van der Waals surface area contributed by atoms with E-state index in [2.05, 4.69) is 10.6 Å². The lowest BCUT2D eigenvalue weighted by Crippen LogP contribution is -2.40. The SMILES string of the molecule is C[C@@H](NC(=O)c1ccccc1)C(=O)OCC(=O)Nc1cc(Cl)ccc1[N+](=O)[O-]. The van der Waals surface area contributed by atoms with Gasteiger partial charge in [0.15, 0.2) is 6.61 Å². The van der Waals surface area contributed by atoms with Crippen molar-refractivity contribution in [1.29, 1.82) is 0 Å². The van der Waals surface area contributed by atoms with Crippen molar-refractivity contribution in [3.8, 4) is 0 Å². The summed E-state index contributed by atoms with van der Waals surface area (Å²) >= 11 is 5.77. The molecule has 0 fully saturated rings. The van der Waals surface area contributed by atoms with Crippen LogP contribution >= 0.6 is 11.6 Å². The number of carbonyl (C=O) groups excluding carboxylic acids is 3. The van der Waals surface area contributed by atoms with Crippen molar-refractivity contribution in [3.63, 3.8) is 0 Å². The van der Waals surface area contributed by atoms with Crippen LogP contribution in [0.4, 0.5) is 11.4 Å². The van der Waals surface area contributed by atoms with Crippen molar-refractivity contribution in [2.75, 3.05) is 11.9 Å². The van der Waals surface area contributed by atoms with Gasteiger partial charge in [0, 0.05) is 16.7 Å². The zero-order valence-corrected chi connectivity index (χ0v) is 15.4. The maximum Gasteiger partial charge on any atom is 0.328 e. The van der Waals surface area contributed by atoms with Crippen molar-refractivity contribution < 1.29 is 24.0 Å². The van der Waals surface area contributed by atoms with Gasteiger partial charge in [0.2, 0.25) is 0 Å². The molecular weight excluding hydrogens is 390 g/mol. The first-order valence-corrected chi connectivity index (χ1v) is 8.42. The number of esters is 1. The lowest BCUT2D eigenvalue weighted by atomic mass is 10.2. The molecule has 0 heterocycles. The lowest BCUT2D eigenvalue weighted by Gasteiger charge is -2.13. The predicted molar refractivity (Wildman–Crippen MR) is 101 cm³/mol. The second-order valence-corrected chi connectivity index (χ2v) is 6.07. The van der Waals surface area contributed by atoms with Crippen LogP contribution < -0.4 is 10.6 Å². The number of nitrogens with zero attached hydrogens (tertiary/aromatic N) is 1. The number of nitro benzene ring substituents is 1. The fraction of sp³-hybridized carbons (Fsp3) is 0.167. The zero-order chi connectivity index (χ0) is 20.7. The van der Waals surface area contributed by atoms with Gasteiger partial charge in [-0.1, -0.05) is 29.8 Å². The number of nitrogens with one attached hydrogen (secondary N) is 2. The second kappa shape index (κ2) is 9.47. The van der Waals surface area contributed by atoms with Gasteiger partial charge in [0.05, 0.1) is 4.92 Å². The Morgan fingerprint density at radius 2 is 1.86 bits per heavy atom. The third-order valence-electron chi connectivity index (χ3n) is 3.51. The van der Waals surface area contributed by atoms with E-state index in [4.69, 9.17) is 16.3 Å². The monoisotopic (exact) mass is 405 g/mol. The Morgan fingerprint density at radius 3 is 2.50 bits per heavy atom. The van der Waals surface area contributed by atoms with E-state index in [1.165, 1.54) is 19.1 Å². The number of hydrogen-bond acceptors (Lipinski definition) is 6. The molecule has 0 spiro atoms. The Morgan fingerprint density at radius 1 is 1.18 bits per heavy atom. The van der Waals surface area contributed by atoms with Crippen molar-refractivity contribution in [2.24, 2.45) is 0 Å². The molecule has 9 nitrogen and oxygen atoms in total. The third kappa shape index (κ3) is 5.78. The molecule has 28 heavy (non-hydrogen) atoms.